The van der Waals surface area contributed by atoms with E-state index in [0.717, 1.165) is 29.3 Å². The van der Waals surface area contributed by atoms with E-state index in [1.54, 1.807) is 0 Å². The number of hydrogen-bond acceptors (Lipinski definition) is 0. The van der Waals surface area contributed by atoms with Gasteiger partial charge in [-0.2, -0.15) is 0 Å². The van der Waals surface area contributed by atoms with E-state index in [0.29, 0.717) is 10.8 Å². The quantitative estimate of drug-likeness (QED) is 0.257. The molecule has 0 heterocycles. The molecule has 0 aromatic rings. The van der Waals surface area contributed by atoms with E-state index in [1.807, 2.05) is 0 Å². The SMILES string of the molecule is CCC[C@@H](C)C[C@@H](CC)C(C)C(CC)(CC)C(CC)CCC1(C)CC(P)C1. The van der Waals surface area contributed by atoms with Crippen LogP contribution in [-0.2, 0) is 0 Å². The molecule has 0 nitrogen and oxygen atoms in total. The molecule has 0 amide bonds. The van der Waals surface area contributed by atoms with Gasteiger partial charge in [0.05, 0.1) is 0 Å². The third kappa shape index (κ3) is 6.46. The molecule has 1 heteroatoms. The van der Waals surface area contributed by atoms with Crippen LogP contribution in [0.25, 0.3) is 0 Å². The molecule has 162 valence electrons. The Morgan fingerprint density at radius 1 is 0.963 bits per heavy atom. The maximum Gasteiger partial charge on any atom is -0.0246 e. The lowest BCUT2D eigenvalue weighted by Gasteiger charge is -2.50. The Hall–Kier alpha value is 0.430. The fraction of sp³-hybridized carbons (Fsp3) is 1.00. The molecule has 1 saturated carbocycles. The highest BCUT2D eigenvalue weighted by atomic mass is 31.0. The molecule has 0 aliphatic heterocycles. The van der Waals surface area contributed by atoms with Crippen LogP contribution in [-0.4, -0.2) is 5.66 Å². The van der Waals surface area contributed by atoms with Gasteiger partial charge in [-0.3, -0.25) is 0 Å². The van der Waals surface area contributed by atoms with E-state index in [-0.39, 0.29) is 0 Å². The second kappa shape index (κ2) is 11.6. The summed E-state index contributed by atoms with van der Waals surface area (Å²) in [6.45, 7) is 19.9. The van der Waals surface area contributed by atoms with Crippen LogP contribution in [0.1, 0.15) is 126 Å². The molecule has 5 atom stereocenters. The van der Waals surface area contributed by atoms with Crippen LogP contribution in [0.2, 0.25) is 0 Å². The van der Waals surface area contributed by atoms with Gasteiger partial charge < -0.3 is 0 Å². The second-order valence-corrected chi connectivity index (χ2v) is 11.6. The highest BCUT2D eigenvalue weighted by molar-refractivity contribution is 7.17. The van der Waals surface area contributed by atoms with Crippen molar-refractivity contribution in [2.45, 2.75) is 132 Å². The Bertz CT molecular complexity index is 391. The topological polar surface area (TPSA) is 0 Å². The first-order valence-corrected chi connectivity index (χ1v) is 13.1. The summed E-state index contributed by atoms with van der Waals surface area (Å²) in [4.78, 5) is 0. The van der Waals surface area contributed by atoms with Gasteiger partial charge in [0.1, 0.15) is 0 Å². The van der Waals surface area contributed by atoms with Crippen molar-refractivity contribution in [1.82, 2.24) is 0 Å². The average Bonchev–Trinajstić information content (AvgIpc) is 2.62. The Morgan fingerprint density at radius 3 is 1.96 bits per heavy atom. The van der Waals surface area contributed by atoms with E-state index in [1.165, 1.54) is 70.6 Å². The van der Waals surface area contributed by atoms with Gasteiger partial charge in [-0.05, 0) is 85.1 Å². The molecule has 1 aliphatic carbocycles. The Balaban J connectivity index is 2.90. The summed E-state index contributed by atoms with van der Waals surface area (Å²) in [6, 6.07) is 0. The van der Waals surface area contributed by atoms with Crippen LogP contribution >= 0.6 is 9.24 Å². The zero-order valence-electron chi connectivity index (χ0n) is 20.2. The predicted octanol–water partition coefficient (Wildman–Crippen LogP) is 9.13. The van der Waals surface area contributed by atoms with Crippen LogP contribution in [0.5, 0.6) is 0 Å². The molecular weight excluding hydrogens is 343 g/mol. The summed E-state index contributed by atoms with van der Waals surface area (Å²) in [5, 5.41) is 0. The molecule has 0 saturated heterocycles. The molecular formula is C26H53P. The predicted molar refractivity (Wildman–Crippen MR) is 129 cm³/mol. The maximum atomic E-state index is 3.05. The van der Waals surface area contributed by atoms with Crippen molar-refractivity contribution in [3.05, 3.63) is 0 Å². The lowest BCUT2D eigenvalue weighted by molar-refractivity contribution is 0.00441. The van der Waals surface area contributed by atoms with E-state index < -0.39 is 0 Å². The molecule has 0 radical (unpaired) electrons. The van der Waals surface area contributed by atoms with Gasteiger partial charge in [-0.15, -0.1) is 9.24 Å². The minimum absolute atomic E-state index is 0.543. The molecule has 1 aliphatic rings. The summed E-state index contributed by atoms with van der Waals surface area (Å²) < 4.78 is 0. The number of rotatable bonds is 14. The van der Waals surface area contributed by atoms with E-state index >= 15 is 0 Å². The largest absolute Gasteiger partial charge is 0.134 e. The van der Waals surface area contributed by atoms with Crippen LogP contribution in [0.4, 0.5) is 0 Å². The highest BCUT2D eigenvalue weighted by Gasteiger charge is 2.44. The van der Waals surface area contributed by atoms with E-state index in [2.05, 4.69) is 64.6 Å². The molecule has 1 rings (SSSR count). The summed E-state index contributed by atoms with van der Waals surface area (Å²) in [5.41, 5.74) is 2.07. The standard InChI is InChI=1S/C26H53P/c1-9-14-20(6)17-22(10-2)21(7)26(12-4,13-5)23(11-3)15-16-25(8)18-24(27)19-25/h20-24H,9-19,27H2,1-8H3/t20-,21?,22-,23?,24?,25?/m1/s1. The van der Waals surface area contributed by atoms with Crippen LogP contribution in [0, 0.1) is 34.5 Å². The zero-order valence-corrected chi connectivity index (χ0v) is 21.4. The van der Waals surface area contributed by atoms with Crippen LogP contribution < -0.4 is 0 Å². The van der Waals surface area contributed by atoms with Crippen molar-refractivity contribution >= 4 is 9.24 Å². The molecule has 0 aromatic carbocycles. The normalized spacial score (nSPS) is 27.7. The lowest BCUT2D eigenvalue weighted by atomic mass is 9.56. The first kappa shape index (κ1) is 25.5. The van der Waals surface area contributed by atoms with Crippen molar-refractivity contribution in [3.63, 3.8) is 0 Å². The van der Waals surface area contributed by atoms with Crippen molar-refractivity contribution in [2.75, 3.05) is 0 Å². The molecule has 27 heavy (non-hydrogen) atoms. The van der Waals surface area contributed by atoms with Crippen LogP contribution in [0.15, 0.2) is 0 Å². The summed E-state index contributed by atoms with van der Waals surface area (Å²) in [6.07, 6.45) is 15.4. The average molecular weight is 397 g/mol. The Labute approximate surface area is 175 Å². The van der Waals surface area contributed by atoms with Gasteiger partial charge >= 0.3 is 0 Å². The molecule has 0 spiro atoms. The molecule has 0 bridgehead atoms. The van der Waals surface area contributed by atoms with Gasteiger partial charge in [-0.25, -0.2) is 0 Å². The van der Waals surface area contributed by atoms with Gasteiger partial charge in [0.25, 0.3) is 0 Å². The summed E-state index contributed by atoms with van der Waals surface area (Å²) in [5.74, 6) is 3.54. The zero-order chi connectivity index (χ0) is 20.7. The number of hydrogen-bond donors (Lipinski definition) is 0. The van der Waals surface area contributed by atoms with Gasteiger partial charge in [0.15, 0.2) is 0 Å². The third-order valence-electron chi connectivity index (χ3n) is 8.85. The monoisotopic (exact) mass is 396 g/mol. The van der Waals surface area contributed by atoms with E-state index in [4.69, 9.17) is 0 Å². The van der Waals surface area contributed by atoms with Crippen molar-refractivity contribution in [1.29, 1.82) is 0 Å². The van der Waals surface area contributed by atoms with Crippen molar-refractivity contribution < 1.29 is 0 Å². The minimum Gasteiger partial charge on any atom is -0.134 e. The van der Waals surface area contributed by atoms with Gasteiger partial charge in [-0.1, -0.05) is 81.1 Å². The summed E-state index contributed by atoms with van der Waals surface area (Å²) in [7, 11) is 3.05. The van der Waals surface area contributed by atoms with Crippen LogP contribution in [0.3, 0.4) is 0 Å². The highest BCUT2D eigenvalue weighted by Crippen LogP contribution is 2.54. The van der Waals surface area contributed by atoms with Gasteiger partial charge in [0.2, 0.25) is 0 Å². The first-order chi connectivity index (χ1) is 12.7. The fourth-order valence-electron chi connectivity index (χ4n) is 7.00. The molecule has 3 unspecified atom stereocenters. The Morgan fingerprint density at radius 2 is 1.56 bits per heavy atom. The smallest absolute Gasteiger partial charge is 0.0246 e. The van der Waals surface area contributed by atoms with Crippen molar-refractivity contribution in [2.24, 2.45) is 34.5 Å². The second-order valence-electron chi connectivity index (χ2n) is 10.6. The first-order valence-electron chi connectivity index (χ1n) is 12.5. The molecule has 1 fully saturated rings. The van der Waals surface area contributed by atoms with Crippen molar-refractivity contribution in [3.8, 4) is 0 Å². The lowest BCUT2D eigenvalue weighted by Crippen LogP contribution is -2.41. The van der Waals surface area contributed by atoms with E-state index in [9.17, 15) is 0 Å². The Kier molecular flexibility index (Phi) is 10.9. The maximum absolute atomic E-state index is 3.05. The summed E-state index contributed by atoms with van der Waals surface area (Å²) >= 11 is 0. The molecule has 0 N–H and O–H groups in total. The minimum atomic E-state index is 0.543. The molecule has 0 aromatic heterocycles. The third-order valence-corrected chi connectivity index (χ3v) is 9.33. The van der Waals surface area contributed by atoms with Gasteiger partial charge in [0, 0.05) is 0 Å². The fourth-order valence-corrected chi connectivity index (χ4v) is 8.13.